The SMILES string of the molecule is COC(=O)C(C)(CN)CCOCC(C)C. The van der Waals surface area contributed by atoms with Crippen LogP contribution in [-0.4, -0.2) is 32.8 Å². The summed E-state index contributed by atoms with van der Waals surface area (Å²) in [7, 11) is 1.38. The molecule has 90 valence electrons. The van der Waals surface area contributed by atoms with Crippen molar-refractivity contribution in [3.63, 3.8) is 0 Å². The molecule has 0 bridgehead atoms. The average Bonchev–Trinajstić information content (AvgIpc) is 2.22. The van der Waals surface area contributed by atoms with E-state index in [1.165, 1.54) is 7.11 Å². The Morgan fingerprint density at radius 2 is 2.07 bits per heavy atom. The van der Waals surface area contributed by atoms with E-state index in [-0.39, 0.29) is 12.5 Å². The van der Waals surface area contributed by atoms with Crippen LogP contribution in [0.1, 0.15) is 27.2 Å². The zero-order chi connectivity index (χ0) is 11.9. The van der Waals surface area contributed by atoms with E-state index in [0.29, 0.717) is 25.6 Å². The first-order valence-electron chi connectivity index (χ1n) is 5.32. The van der Waals surface area contributed by atoms with Crippen molar-refractivity contribution >= 4 is 5.97 Å². The molecule has 1 unspecified atom stereocenters. The highest BCUT2D eigenvalue weighted by Gasteiger charge is 2.32. The Hall–Kier alpha value is -0.610. The summed E-state index contributed by atoms with van der Waals surface area (Å²) in [5.74, 6) is 0.241. The molecule has 0 saturated carbocycles. The second kappa shape index (κ2) is 6.80. The largest absolute Gasteiger partial charge is 0.469 e. The molecule has 0 aliphatic carbocycles. The maximum Gasteiger partial charge on any atom is 0.312 e. The fraction of sp³-hybridized carbons (Fsp3) is 0.909. The summed E-state index contributed by atoms with van der Waals surface area (Å²) in [4.78, 5) is 11.4. The number of hydrogen-bond acceptors (Lipinski definition) is 4. The molecule has 0 radical (unpaired) electrons. The molecule has 0 rings (SSSR count). The topological polar surface area (TPSA) is 61.5 Å². The summed E-state index contributed by atoms with van der Waals surface area (Å²) in [6.45, 7) is 7.51. The van der Waals surface area contributed by atoms with E-state index in [1.54, 1.807) is 6.92 Å². The van der Waals surface area contributed by atoms with Gasteiger partial charge in [-0.25, -0.2) is 0 Å². The zero-order valence-electron chi connectivity index (χ0n) is 10.2. The van der Waals surface area contributed by atoms with Crippen LogP contribution in [0.2, 0.25) is 0 Å². The maximum atomic E-state index is 11.4. The maximum absolute atomic E-state index is 11.4. The van der Waals surface area contributed by atoms with Crippen LogP contribution >= 0.6 is 0 Å². The van der Waals surface area contributed by atoms with Crippen molar-refractivity contribution in [2.45, 2.75) is 27.2 Å². The van der Waals surface area contributed by atoms with Crippen LogP contribution in [0.15, 0.2) is 0 Å². The van der Waals surface area contributed by atoms with Gasteiger partial charge in [-0.1, -0.05) is 13.8 Å². The minimum Gasteiger partial charge on any atom is -0.469 e. The van der Waals surface area contributed by atoms with Crippen LogP contribution in [0.4, 0.5) is 0 Å². The van der Waals surface area contributed by atoms with Gasteiger partial charge in [0.2, 0.25) is 0 Å². The van der Waals surface area contributed by atoms with Gasteiger partial charge in [0.15, 0.2) is 0 Å². The third-order valence-corrected chi connectivity index (χ3v) is 2.38. The predicted molar refractivity (Wildman–Crippen MR) is 59.5 cm³/mol. The summed E-state index contributed by atoms with van der Waals surface area (Å²) < 4.78 is 10.1. The van der Waals surface area contributed by atoms with Gasteiger partial charge in [-0.3, -0.25) is 4.79 Å². The molecular weight excluding hydrogens is 194 g/mol. The van der Waals surface area contributed by atoms with Crippen LogP contribution in [0.25, 0.3) is 0 Å². The fourth-order valence-corrected chi connectivity index (χ4v) is 1.15. The van der Waals surface area contributed by atoms with Gasteiger partial charge in [-0.05, 0) is 19.3 Å². The Balaban J connectivity index is 3.94. The Morgan fingerprint density at radius 1 is 1.47 bits per heavy atom. The third kappa shape index (κ3) is 5.14. The number of nitrogens with two attached hydrogens (primary N) is 1. The van der Waals surface area contributed by atoms with Crippen LogP contribution in [-0.2, 0) is 14.3 Å². The highest BCUT2D eigenvalue weighted by molar-refractivity contribution is 5.76. The molecule has 0 fully saturated rings. The van der Waals surface area contributed by atoms with Crippen molar-refractivity contribution in [2.75, 3.05) is 26.9 Å². The van der Waals surface area contributed by atoms with E-state index < -0.39 is 5.41 Å². The van der Waals surface area contributed by atoms with Crippen molar-refractivity contribution < 1.29 is 14.3 Å². The standard InChI is InChI=1S/C11H23NO3/c1-9(2)7-15-6-5-11(3,8-12)10(13)14-4/h9H,5-8,12H2,1-4H3. The lowest BCUT2D eigenvalue weighted by atomic mass is 9.87. The van der Waals surface area contributed by atoms with Gasteiger partial charge in [-0.2, -0.15) is 0 Å². The first-order chi connectivity index (χ1) is 6.96. The monoisotopic (exact) mass is 217 g/mol. The average molecular weight is 217 g/mol. The molecule has 1 atom stereocenters. The molecule has 15 heavy (non-hydrogen) atoms. The van der Waals surface area contributed by atoms with E-state index >= 15 is 0 Å². The summed E-state index contributed by atoms with van der Waals surface area (Å²) in [5, 5.41) is 0. The summed E-state index contributed by atoms with van der Waals surface area (Å²) in [5.41, 5.74) is 4.95. The number of hydrogen-bond donors (Lipinski definition) is 1. The Kier molecular flexibility index (Phi) is 6.52. The molecule has 0 aliphatic heterocycles. The molecule has 0 spiro atoms. The van der Waals surface area contributed by atoms with Crippen LogP contribution < -0.4 is 5.73 Å². The Bertz CT molecular complexity index is 194. The van der Waals surface area contributed by atoms with Crippen molar-refractivity contribution in [3.8, 4) is 0 Å². The van der Waals surface area contributed by atoms with Crippen molar-refractivity contribution in [3.05, 3.63) is 0 Å². The minimum atomic E-state index is -0.619. The number of carbonyl (C=O) groups excluding carboxylic acids is 1. The number of rotatable bonds is 7. The lowest BCUT2D eigenvalue weighted by molar-refractivity contribution is -0.152. The van der Waals surface area contributed by atoms with Gasteiger partial charge in [0.05, 0.1) is 12.5 Å². The van der Waals surface area contributed by atoms with Crippen LogP contribution in [0, 0.1) is 11.3 Å². The van der Waals surface area contributed by atoms with Crippen LogP contribution in [0.5, 0.6) is 0 Å². The molecule has 0 aromatic carbocycles. The lowest BCUT2D eigenvalue weighted by Gasteiger charge is -2.24. The van der Waals surface area contributed by atoms with E-state index in [2.05, 4.69) is 13.8 Å². The highest BCUT2D eigenvalue weighted by Crippen LogP contribution is 2.21. The first-order valence-corrected chi connectivity index (χ1v) is 5.32. The van der Waals surface area contributed by atoms with Gasteiger partial charge in [-0.15, -0.1) is 0 Å². The smallest absolute Gasteiger partial charge is 0.312 e. The van der Waals surface area contributed by atoms with E-state index in [0.717, 1.165) is 0 Å². The molecule has 0 aromatic rings. The summed E-state index contributed by atoms with van der Waals surface area (Å²) in [6.07, 6.45) is 0.600. The second-order valence-corrected chi connectivity index (χ2v) is 4.48. The van der Waals surface area contributed by atoms with Gasteiger partial charge >= 0.3 is 5.97 Å². The van der Waals surface area contributed by atoms with Crippen molar-refractivity contribution in [1.82, 2.24) is 0 Å². The van der Waals surface area contributed by atoms with Gasteiger partial charge in [0, 0.05) is 19.8 Å². The molecule has 0 heterocycles. The molecule has 0 saturated heterocycles. The third-order valence-electron chi connectivity index (χ3n) is 2.38. The van der Waals surface area contributed by atoms with E-state index in [9.17, 15) is 4.79 Å². The van der Waals surface area contributed by atoms with Crippen LogP contribution in [0.3, 0.4) is 0 Å². The molecule has 2 N–H and O–H groups in total. The van der Waals surface area contributed by atoms with E-state index in [4.69, 9.17) is 15.2 Å². The number of methoxy groups -OCH3 is 1. The van der Waals surface area contributed by atoms with Gasteiger partial charge in [0.25, 0.3) is 0 Å². The number of carbonyl (C=O) groups is 1. The number of esters is 1. The quantitative estimate of drug-likeness (QED) is 0.514. The lowest BCUT2D eigenvalue weighted by Crippen LogP contribution is -2.37. The fourth-order valence-electron chi connectivity index (χ4n) is 1.15. The summed E-state index contributed by atoms with van der Waals surface area (Å²) >= 11 is 0. The summed E-state index contributed by atoms with van der Waals surface area (Å²) in [6, 6.07) is 0. The Morgan fingerprint density at radius 3 is 2.47 bits per heavy atom. The Labute approximate surface area is 92.1 Å². The second-order valence-electron chi connectivity index (χ2n) is 4.48. The molecule has 0 aliphatic rings. The van der Waals surface area contributed by atoms with Gasteiger partial charge < -0.3 is 15.2 Å². The normalized spacial score (nSPS) is 15.1. The van der Waals surface area contributed by atoms with Gasteiger partial charge in [0.1, 0.15) is 0 Å². The van der Waals surface area contributed by atoms with Crippen molar-refractivity contribution in [2.24, 2.45) is 17.1 Å². The molecule has 0 amide bonds. The predicted octanol–water partition coefficient (Wildman–Crippen LogP) is 1.19. The first kappa shape index (κ1) is 14.4. The number of ether oxygens (including phenoxy) is 2. The molecule has 4 heteroatoms. The zero-order valence-corrected chi connectivity index (χ0v) is 10.2. The van der Waals surface area contributed by atoms with E-state index in [1.807, 2.05) is 0 Å². The minimum absolute atomic E-state index is 0.266. The molecule has 0 aromatic heterocycles. The molecule has 4 nitrogen and oxygen atoms in total. The molecular formula is C11H23NO3. The van der Waals surface area contributed by atoms with Crippen molar-refractivity contribution in [1.29, 1.82) is 0 Å². The highest BCUT2D eigenvalue weighted by atomic mass is 16.5.